The van der Waals surface area contributed by atoms with E-state index < -0.39 is 0 Å². The third-order valence-electron chi connectivity index (χ3n) is 5.17. The first-order valence-corrected chi connectivity index (χ1v) is 8.60. The van der Waals surface area contributed by atoms with E-state index >= 15 is 0 Å². The Hall–Kier alpha value is -1.40. The summed E-state index contributed by atoms with van der Waals surface area (Å²) in [4.78, 5) is 17.1. The maximum absolute atomic E-state index is 12.7. The highest BCUT2D eigenvalue weighted by molar-refractivity contribution is 5.79. The van der Waals surface area contributed by atoms with Crippen molar-refractivity contribution in [2.75, 3.05) is 32.8 Å². The summed E-state index contributed by atoms with van der Waals surface area (Å²) in [5.74, 6) is 1.21. The number of carbonyl (C=O) groups is 1. The standard InChI is InChI=1S/C17H27N3O3/c1-12-16(14(3)23-18-12)11-19-6-8-20(9-7-19)17(21)15-5-4-10-22-13(15)2/h13,15H,4-11H2,1-3H3/t13-,15-/m1/s1. The molecule has 1 aromatic rings. The van der Waals surface area contributed by atoms with Crippen LogP contribution in [0.3, 0.4) is 0 Å². The normalized spacial score (nSPS) is 26.5. The summed E-state index contributed by atoms with van der Waals surface area (Å²) in [6.07, 6.45) is 2.00. The van der Waals surface area contributed by atoms with Crippen LogP contribution in [0.1, 0.15) is 36.8 Å². The summed E-state index contributed by atoms with van der Waals surface area (Å²) in [7, 11) is 0. The Morgan fingerprint density at radius 1 is 1.26 bits per heavy atom. The van der Waals surface area contributed by atoms with Crippen molar-refractivity contribution in [3.63, 3.8) is 0 Å². The molecule has 1 aromatic heterocycles. The van der Waals surface area contributed by atoms with E-state index in [4.69, 9.17) is 9.26 Å². The van der Waals surface area contributed by atoms with Crippen molar-refractivity contribution in [3.05, 3.63) is 17.0 Å². The van der Waals surface area contributed by atoms with Gasteiger partial charge in [0, 0.05) is 44.9 Å². The summed E-state index contributed by atoms with van der Waals surface area (Å²) in [5, 5.41) is 4.01. The summed E-state index contributed by atoms with van der Waals surface area (Å²) in [6.45, 7) is 11.0. The largest absolute Gasteiger partial charge is 0.378 e. The number of hydrogen-bond donors (Lipinski definition) is 0. The van der Waals surface area contributed by atoms with Crippen LogP contribution in [0.4, 0.5) is 0 Å². The van der Waals surface area contributed by atoms with E-state index in [9.17, 15) is 4.79 Å². The Kier molecular flexibility index (Phi) is 5.02. The van der Waals surface area contributed by atoms with Gasteiger partial charge in [-0.2, -0.15) is 0 Å². The van der Waals surface area contributed by atoms with Gasteiger partial charge in [-0.15, -0.1) is 0 Å². The van der Waals surface area contributed by atoms with Crippen molar-refractivity contribution in [2.24, 2.45) is 5.92 Å². The maximum Gasteiger partial charge on any atom is 0.228 e. The molecule has 0 saturated carbocycles. The molecule has 0 aromatic carbocycles. The molecule has 23 heavy (non-hydrogen) atoms. The Morgan fingerprint density at radius 2 is 2.00 bits per heavy atom. The second-order valence-corrected chi connectivity index (χ2v) is 6.73. The first-order valence-electron chi connectivity index (χ1n) is 8.60. The van der Waals surface area contributed by atoms with E-state index in [1.165, 1.54) is 5.56 Å². The van der Waals surface area contributed by atoms with Gasteiger partial charge < -0.3 is 14.2 Å². The molecule has 2 aliphatic rings. The molecule has 128 valence electrons. The lowest BCUT2D eigenvalue weighted by atomic mass is 9.93. The molecule has 0 N–H and O–H groups in total. The Morgan fingerprint density at radius 3 is 2.61 bits per heavy atom. The molecule has 0 spiro atoms. The van der Waals surface area contributed by atoms with Crippen LogP contribution in [0.5, 0.6) is 0 Å². The van der Waals surface area contributed by atoms with Gasteiger partial charge in [-0.3, -0.25) is 9.69 Å². The summed E-state index contributed by atoms with van der Waals surface area (Å²) < 4.78 is 10.9. The topological polar surface area (TPSA) is 58.8 Å². The van der Waals surface area contributed by atoms with Crippen LogP contribution in [0.25, 0.3) is 0 Å². The number of amides is 1. The molecular weight excluding hydrogens is 294 g/mol. The minimum Gasteiger partial charge on any atom is -0.378 e. The molecule has 0 unspecified atom stereocenters. The van der Waals surface area contributed by atoms with Gasteiger partial charge in [0.1, 0.15) is 5.76 Å². The minimum atomic E-state index is 0.0397. The third kappa shape index (κ3) is 3.58. The van der Waals surface area contributed by atoms with E-state index in [1.54, 1.807) is 0 Å². The highest BCUT2D eigenvalue weighted by atomic mass is 16.5. The third-order valence-corrected chi connectivity index (χ3v) is 5.17. The number of nitrogens with zero attached hydrogens (tertiary/aromatic N) is 3. The van der Waals surface area contributed by atoms with Gasteiger partial charge in [-0.1, -0.05) is 5.16 Å². The van der Waals surface area contributed by atoms with Crippen LogP contribution in [-0.2, 0) is 16.1 Å². The quantitative estimate of drug-likeness (QED) is 0.849. The fraction of sp³-hybridized carbons (Fsp3) is 0.765. The van der Waals surface area contributed by atoms with Crippen LogP contribution >= 0.6 is 0 Å². The van der Waals surface area contributed by atoms with Gasteiger partial charge in [0.15, 0.2) is 0 Å². The minimum absolute atomic E-state index is 0.0397. The molecule has 6 heteroatoms. The smallest absolute Gasteiger partial charge is 0.228 e. The van der Waals surface area contributed by atoms with Gasteiger partial charge >= 0.3 is 0 Å². The first kappa shape index (κ1) is 16.5. The van der Waals surface area contributed by atoms with Gasteiger partial charge in [0.05, 0.1) is 17.7 Å². The average molecular weight is 321 g/mol. The SMILES string of the molecule is Cc1noc(C)c1CN1CCN(C(=O)[C@@H]2CCCO[C@@H]2C)CC1. The Bertz CT molecular complexity index is 530. The zero-order valence-corrected chi connectivity index (χ0v) is 14.4. The van der Waals surface area contributed by atoms with Crippen molar-refractivity contribution >= 4 is 5.91 Å². The van der Waals surface area contributed by atoms with E-state index in [-0.39, 0.29) is 17.9 Å². The predicted octanol–water partition coefficient (Wildman–Crippen LogP) is 1.75. The highest BCUT2D eigenvalue weighted by Crippen LogP contribution is 2.24. The van der Waals surface area contributed by atoms with E-state index in [1.807, 2.05) is 25.7 Å². The lowest BCUT2D eigenvalue weighted by Crippen LogP contribution is -2.52. The molecule has 2 aliphatic heterocycles. The van der Waals surface area contributed by atoms with Gasteiger partial charge in [-0.05, 0) is 33.6 Å². The predicted molar refractivity (Wildman–Crippen MR) is 86.0 cm³/mol. The zero-order chi connectivity index (χ0) is 16.4. The van der Waals surface area contributed by atoms with Crippen molar-refractivity contribution in [3.8, 4) is 0 Å². The number of aromatic nitrogens is 1. The fourth-order valence-electron chi connectivity index (χ4n) is 3.56. The summed E-state index contributed by atoms with van der Waals surface area (Å²) in [6, 6.07) is 0. The number of hydrogen-bond acceptors (Lipinski definition) is 5. The van der Waals surface area contributed by atoms with Crippen molar-refractivity contribution < 1.29 is 14.1 Å². The van der Waals surface area contributed by atoms with Crippen LogP contribution in [0, 0.1) is 19.8 Å². The molecule has 0 aliphatic carbocycles. The fourth-order valence-corrected chi connectivity index (χ4v) is 3.56. The first-order chi connectivity index (χ1) is 11.1. The van der Waals surface area contributed by atoms with E-state index in [0.29, 0.717) is 0 Å². The van der Waals surface area contributed by atoms with Crippen molar-refractivity contribution in [2.45, 2.75) is 46.3 Å². The summed E-state index contributed by atoms with van der Waals surface area (Å²) >= 11 is 0. The van der Waals surface area contributed by atoms with Crippen LogP contribution in [-0.4, -0.2) is 59.8 Å². The molecule has 3 heterocycles. The molecular formula is C17H27N3O3. The zero-order valence-electron chi connectivity index (χ0n) is 14.4. The number of carbonyl (C=O) groups excluding carboxylic acids is 1. The lowest BCUT2D eigenvalue weighted by molar-refractivity contribution is -0.145. The number of rotatable bonds is 3. The summed E-state index contributed by atoms with van der Waals surface area (Å²) in [5.41, 5.74) is 2.15. The second kappa shape index (κ2) is 7.01. The molecule has 0 radical (unpaired) electrons. The Labute approximate surface area is 137 Å². The van der Waals surface area contributed by atoms with Gasteiger partial charge in [0.25, 0.3) is 0 Å². The molecule has 0 bridgehead atoms. The lowest BCUT2D eigenvalue weighted by Gasteiger charge is -2.38. The number of aryl methyl sites for hydroxylation is 2. The van der Waals surface area contributed by atoms with Crippen molar-refractivity contribution in [1.29, 1.82) is 0 Å². The molecule has 1 amide bonds. The Balaban J connectivity index is 1.53. The van der Waals surface area contributed by atoms with Crippen molar-refractivity contribution in [1.82, 2.24) is 15.0 Å². The van der Waals surface area contributed by atoms with Crippen LogP contribution in [0.2, 0.25) is 0 Å². The number of piperazine rings is 1. The average Bonchev–Trinajstić information content (AvgIpc) is 2.87. The van der Waals surface area contributed by atoms with Crippen LogP contribution in [0.15, 0.2) is 4.52 Å². The molecule has 2 fully saturated rings. The monoisotopic (exact) mass is 321 g/mol. The van der Waals surface area contributed by atoms with E-state index in [2.05, 4.69) is 10.1 Å². The highest BCUT2D eigenvalue weighted by Gasteiger charge is 2.33. The van der Waals surface area contributed by atoms with E-state index in [0.717, 1.165) is 63.6 Å². The molecule has 6 nitrogen and oxygen atoms in total. The van der Waals surface area contributed by atoms with Gasteiger partial charge in [-0.25, -0.2) is 0 Å². The van der Waals surface area contributed by atoms with Crippen LogP contribution < -0.4 is 0 Å². The second-order valence-electron chi connectivity index (χ2n) is 6.73. The molecule has 2 atom stereocenters. The molecule has 3 rings (SSSR count). The molecule has 2 saturated heterocycles. The number of ether oxygens (including phenoxy) is 1. The maximum atomic E-state index is 12.7. The van der Waals surface area contributed by atoms with Gasteiger partial charge in [0.2, 0.25) is 5.91 Å².